The van der Waals surface area contributed by atoms with Gasteiger partial charge in [-0.2, -0.15) is 0 Å². The van der Waals surface area contributed by atoms with Crippen molar-refractivity contribution in [3.05, 3.63) is 58.3 Å². The number of carbonyl (C=O) groups excluding carboxylic acids is 1. The molecule has 1 aliphatic rings. The van der Waals surface area contributed by atoms with Crippen LogP contribution in [0.3, 0.4) is 0 Å². The summed E-state index contributed by atoms with van der Waals surface area (Å²) in [6, 6.07) is 10.8. The summed E-state index contributed by atoms with van der Waals surface area (Å²) in [6.07, 6.45) is 1.34. The average Bonchev–Trinajstić information content (AvgIpc) is 2.76. The van der Waals surface area contributed by atoms with Gasteiger partial charge in [0.1, 0.15) is 6.23 Å². The zero-order valence-electron chi connectivity index (χ0n) is 13.6. The van der Waals surface area contributed by atoms with Gasteiger partial charge in [-0.3, -0.25) is 14.8 Å². The zero-order valence-corrected chi connectivity index (χ0v) is 15.2. The number of hydrogen-bond acceptors (Lipinski definition) is 6. The summed E-state index contributed by atoms with van der Waals surface area (Å²) in [5.74, 6) is -0.328. The van der Waals surface area contributed by atoms with Crippen molar-refractivity contribution in [3.8, 4) is 0 Å². The number of hydrogen-bond donors (Lipinski definition) is 2. The molecule has 0 bridgehead atoms. The average molecular weight is 404 g/mol. The maximum absolute atomic E-state index is 11.5. The van der Waals surface area contributed by atoms with Crippen molar-refractivity contribution >= 4 is 33.3 Å². The van der Waals surface area contributed by atoms with Crippen molar-refractivity contribution in [2.75, 3.05) is 12.4 Å². The number of aliphatic hydroxyl groups excluding tert-OH is 1. The quantitative estimate of drug-likeness (QED) is 0.766. The highest BCUT2D eigenvalue weighted by Gasteiger charge is 2.27. The maximum Gasteiger partial charge on any atom is 0.305 e. The summed E-state index contributed by atoms with van der Waals surface area (Å²) in [5.41, 5.74) is 2.99. The van der Waals surface area contributed by atoms with Crippen molar-refractivity contribution in [2.24, 2.45) is 4.99 Å². The Bertz CT molecular complexity index is 795. The third kappa shape index (κ3) is 4.05. The van der Waals surface area contributed by atoms with Crippen LogP contribution in [-0.2, 0) is 9.53 Å². The molecule has 0 amide bonds. The Labute approximate surface area is 154 Å². The predicted molar refractivity (Wildman–Crippen MR) is 98.7 cm³/mol. The molecular weight excluding hydrogens is 386 g/mol. The molecule has 2 atom stereocenters. The molecule has 0 saturated heterocycles. The van der Waals surface area contributed by atoms with E-state index in [0.29, 0.717) is 17.8 Å². The Kier molecular flexibility index (Phi) is 5.45. The summed E-state index contributed by atoms with van der Waals surface area (Å²) in [7, 11) is 1.35. The van der Waals surface area contributed by atoms with Gasteiger partial charge in [0, 0.05) is 28.3 Å². The van der Waals surface area contributed by atoms with E-state index in [1.807, 2.05) is 36.4 Å². The molecule has 2 aromatic rings. The van der Waals surface area contributed by atoms with E-state index < -0.39 is 12.3 Å². The maximum atomic E-state index is 11.5. The molecule has 130 valence electrons. The van der Waals surface area contributed by atoms with E-state index >= 15 is 0 Å². The van der Waals surface area contributed by atoms with Gasteiger partial charge in [-0.25, -0.2) is 0 Å². The fourth-order valence-electron chi connectivity index (χ4n) is 2.70. The number of aromatic nitrogens is 1. The highest BCUT2D eigenvalue weighted by atomic mass is 79.9. The molecule has 0 aliphatic carbocycles. The summed E-state index contributed by atoms with van der Waals surface area (Å²) in [5, 5.41) is 13.6. The second kappa shape index (κ2) is 7.76. The molecule has 7 heteroatoms. The van der Waals surface area contributed by atoms with Gasteiger partial charge in [-0.15, -0.1) is 0 Å². The van der Waals surface area contributed by atoms with E-state index in [1.165, 1.54) is 7.11 Å². The monoisotopic (exact) mass is 403 g/mol. The third-order valence-corrected chi connectivity index (χ3v) is 4.47. The minimum atomic E-state index is -0.911. The molecule has 6 nitrogen and oxygen atoms in total. The number of methoxy groups -OCH3 is 1. The lowest BCUT2D eigenvalue weighted by Crippen LogP contribution is -2.32. The Balaban J connectivity index is 2.04. The molecule has 1 unspecified atom stereocenters. The number of benzene rings is 1. The molecule has 0 saturated carbocycles. The smallest absolute Gasteiger partial charge is 0.305 e. The van der Waals surface area contributed by atoms with Gasteiger partial charge in [0.25, 0.3) is 0 Å². The number of pyridine rings is 1. The van der Waals surface area contributed by atoms with E-state index in [0.717, 1.165) is 15.7 Å². The topological polar surface area (TPSA) is 83.8 Å². The normalized spacial score (nSPS) is 19.2. The molecule has 1 aromatic heterocycles. The first-order chi connectivity index (χ1) is 12.1. The Morgan fingerprint density at radius 2 is 2.20 bits per heavy atom. The first-order valence-corrected chi connectivity index (χ1v) is 8.68. The number of benzodiazepines with no additional fused rings is 1. The van der Waals surface area contributed by atoms with E-state index in [9.17, 15) is 9.90 Å². The standard InChI is InChI=1S/C18H18BrN3O3/c1-25-16(23)8-7-15-18(24)22-13-6-5-11(19)10-12(13)17(21-15)14-4-2-3-9-20-14/h2-6,9-10,15,18,22,24H,7-8H2,1H3/t15-,18?/m0/s1. The fraction of sp³-hybridized carbons (Fsp3) is 0.278. The number of anilines is 1. The first kappa shape index (κ1) is 17.6. The third-order valence-electron chi connectivity index (χ3n) is 3.98. The van der Waals surface area contributed by atoms with Gasteiger partial charge in [-0.05, 0) is 36.8 Å². The molecule has 1 aromatic carbocycles. The van der Waals surface area contributed by atoms with Gasteiger partial charge in [0.2, 0.25) is 0 Å². The molecule has 0 fully saturated rings. The second-order valence-corrected chi connectivity index (χ2v) is 6.57. The van der Waals surface area contributed by atoms with Crippen LogP contribution >= 0.6 is 15.9 Å². The number of nitrogens with one attached hydrogen (secondary N) is 1. The summed E-state index contributed by atoms with van der Waals surface area (Å²) >= 11 is 3.48. The SMILES string of the molecule is COC(=O)CC[C@@H]1N=C(c2ccccn2)c2cc(Br)ccc2NC1O. The molecule has 0 radical (unpaired) electrons. The fourth-order valence-corrected chi connectivity index (χ4v) is 3.06. The van der Waals surface area contributed by atoms with Crippen molar-refractivity contribution in [2.45, 2.75) is 25.1 Å². The number of esters is 1. The number of ether oxygens (including phenoxy) is 1. The lowest BCUT2D eigenvalue weighted by Gasteiger charge is -2.19. The van der Waals surface area contributed by atoms with Crippen LogP contribution in [0, 0.1) is 0 Å². The molecule has 0 spiro atoms. The predicted octanol–water partition coefficient (Wildman–Crippen LogP) is 2.75. The van der Waals surface area contributed by atoms with Crippen LogP contribution in [-0.4, -0.2) is 41.2 Å². The van der Waals surface area contributed by atoms with Crippen molar-refractivity contribution in [3.63, 3.8) is 0 Å². The molecule has 3 rings (SSSR count). The van der Waals surface area contributed by atoms with Crippen LogP contribution in [0.25, 0.3) is 0 Å². The van der Waals surface area contributed by atoms with E-state index in [4.69, 9.17) is 4.99 Å². The van der Waals surface area contributed by atoms with Crippen molar-refractivity contribution in [1.82, 2.24) is 4.98 Å². The van der Waals surface area contributed by atoms with Crippen LogP contribution < -0.4 is 5.32 Å². The number of fused-ring (bicyclic) bond motifs is 1. The molecule has 2 heterocycles. The summed E-state index contributed by atoms with van der Waals surface area (Å²) in [4.78, 5) is 20.6. The minimum absolute atomic E-state index is 0.180. The first-order valence-electron chi connectivity index (χ1n) is 7.89. The number of aliphatic hydroxyl groups is 1. The van der Waals surface area contributed by atoms with E-state index in [-0.39, 0.29) is 12.4 Å². The summed E-state index contributed by atoms with van der Waals surface area (Å²) < 4.78 is 5.59. The molecular formula is C18H18BrN3O3. The van der Waals surface area contributed by atoms with Crippen molar-refractivity contribution < 1.29 is 14.6 Å². The van der Waals surface area contributed by atoms with Crippen LogP contribution in [0.4, 0.5) is 5.69 Å². The highest BCUT2D eigenvalue weighted by molar-refractivity contribution is 9.10. The lowest BCUT2D eigenvalue weighted by atomic mass is 10.0. The number of nitrogens with zero attached hydrogens (tertiary/aromatic N) is 2. The van der Waals surface area contributed by atoms with Gasteiger partial charge in [0.05, 0.1) is 24.6 Å². The summed E-state index contributed by atoms with van der Waals surface area (Å²) in [6.45, 7) is 0. The molecule has 25 heavy (non-hydrogen) atoms. The number of halogens is 1. The van der Waals surface area contributed by atoms with Crippen LogP contribution in [0.2, 0.25) is 0 Å². The molecule has 2 N–H and O–H groups in total. The lowest BCUT2D eigenvalue weighted by molar-refractivity contribution is -0.140. The number of rotatable bonds is 4. The number of carbonyl (C=O) groups is 1. The van der Waals surface area contributed by atoms with Crippen molar-refractivity contribution in [1.29, 1.82) is 0 Å². The largest absolute Gasteiger partial charge is 0.469 e. The van der Waals surface area contributed by atoms with Gasteiger partial charge >= 0.3 is 5.97 Å². The highest BCUT2D eigenvalue weighted by Crippen LogP contribution is 2.28. The Morgan fingerprint density at radius 1 is 1.36 bits per heavy atom. The van der Waals surface area contributed by atoms with Crippen LogP contribution in [0.5, 0.6) is 0 Å². The minimum Gasteiger partial charge on any atom is -0.469 e. The van der Waals surface area contributed by atoms with E-state index in [2.05, 4.69) is 31.0 Å². The van der Waals surface area contributed by atoms with Gasteiger partial charge in [0.15, 0.2) is 0 Å². The second-order valence-electron chi connectivity index (χ2n) is 5.65. The number of aliphatic imine (C=N–C) groups is 1. The van der Waals surface area contributed by atoms with Gasteiger partial charge in [-0.1, -0.05) is 22.0 Å². The zero-order chi connectivity index (χ0) is 17.8. The Hall–Kier alpha value is -2.25. The van der Waals surface area contributed by atoms with E-state index in [1.54, 1.807) is 6.20 Å². The molecule has 1 aliphatic heterocycles. The van der Waals surface area contributed by atoms with Crippen LogP contribution in [0.15, 0.2) is 52.1 Å². The van der Waals surface area contributed by atoms with Crippen LogP contribution in [0.1, 0.15) is 24.1 Å². The Morgan fingerprint density at radius 3 is 2.92 bits per heavy atom. The van der Waals surface area contributed by atoms with Gasteiger partial charge < -0.3 is 15.2 Å².